The largest absolute Gasteiger partial charge is 0.112 e. The normalized spacial score (nSPS) is 11.7. The standard InChI is InChI=1S/C29H38P/c1-26(2)18-10-5-3-4-6-17-25-30(27-19-11-7-12-20-27,28-21-13-8-14-22-28)29-23-15-9-16-24-29/h7-9,11-16,19-24,26H,3-6,10,17-18,25H2,1-2H3/q+1. The summed E-state index contributed by atoms with van der Waals surface area (Å²) in [6, 6.07) is 33.9. The van der Waals surface area contributed by atoms with Crippen LogP contribution in [0, 0.1) is 5.92 Å². The third-order valence-electron chi connectivity index (χ3n) is 6.12. The molecule has 0 aliphatic heterocycles. The molecular weight excluding hydrogens is 379 g/mol. The van der Waals surface area contributed by atoms with E-state index < -0.39 is 7.26 Å². The molecule has 0 saturated carbocycles. The molecule has 3 aromatic rings. The van der Waals surface area contributed by atoms with Gasteiger partial charge in [-0.1, -0.05) is 101 Å². The molecule has 0 aromatic heterocycles. The van der Waals surface area contributed by atoms with Crippen LogP contribution in [0.5, 0.6) is 0 Å². The van der Waals surface area contributed by atoms with Gasteiger partial charge in [0.25, 0.3) is 0 Å². The second-order valence-electron chi connectivity index (χ2n) is 8.84. The third kappa shape index (κ3) is 6.05. The van der Waals surface area contributed by atoms with Crippen molar-refractivity contribution >= 4 is 23.2 Å². The average molecular weight is 418 g/mol. The fourth-order valence-corrected chi connectivity index (χ4v) is 8.90. The van der Waals surface area contributed by atoms with E-state index in [1.165, 1.54) is 67.0 Å². The van der Waals surface area contributed by atoms with E-state index in [9.17, 15) is 0 Å². The Labute approximate surface area is 185 Å². The molecular formula is C29H38P+. The third-order valence-corrected chi connectivity index (χ3v) is 10.6. The minimum Gasteiger partial charge on any atom is -0.0628 e. The van der Waals surface area contributed by atoms with Crippen LogP contribution < -0.4 is 15.9 Å². The number of benzene rings is 3. The lowest BCUT2D eigenvalue weighted by Gasteiger charge is -2.27. The number of rotatable bonds is 12. The van der Waals surface area contributed by atoms with Gasteiger partial charge < -0.3 is 0 Å². The summed E-state index contributed by atoms with van der Waals surface area (Å²) >= 11 is 0. The van der Waals surface area contributed by atoms with Gasteiger partial charge in [-0.15, -0.1) is 0 Å². The van der Waals surface area contributed by atoms with E-state index >= 15 is 0 Å². The van der Waals surface area contributed by atoms with Gasteiger partial charge in [-0.25, -0.2) is 0 Å². The Hall–Kier alpha value is -1.91. The smallest absolute Gasteiger partial charge is 0.0628 e. The highest BCUT2D eigenvalue weighted by atomic mass is 31.2. The van der Waals surface area contributed by atoms with Crippen LogP contribution in [0.1, 0.15) is 58.8 Å². The topological polar surface area (TPSA) is 0 Å². The molecule has 0 aliphatic carbocycles. The first kappa shape index (κ1) is 22.8. The second-order valence-corrected chi connectivity index (χ2v) is 12.5. The maximum absolute atomic E-state index is 2.36. The van der Waals surface area contributed by atoms with Crippen LogP contribution in [0.25, 0.3) is 0 Å². The number of hydrogen-bond acceptors (Lipinski definition) is 0. The molecule has 0 heterocycles. The molecule has 0 atom stereocenters. The van der Waals surface area contributed by atoms with Gasteiger partial charge in [-0.2, -0.15) is 0 Å². The molecule has 0 N–H and O–H groups in total. The Balaban J connectivity index is 1.78. The zero-order valence-electron chi connectivity index (χ0n) is 18.8. The van der Waals surface area contributed by atoms with Gasteiger partial charge >= 0.3 is 0 Å². The monoisotopic (exact) mass is 417 g/mol. The van der Waals surface area contributed by atoms with E-state index in [1.54, 1.807) is 0 Å². The number of hydrogen-bond donors (Lipinski definition) is 0. The minimum atomic E-state index is -1.63. The van der Waals surface area contributed by atoms with Crippen LogP contribution in [0.2, 0.25) is 0 Å². The summed E-state index contributed by atoms with van der Waals surface area (Å²) in [4.78, 5) is 0. The predicted octanol–water partition coefficient (Wildman–Crippen LogP) is 7.37. The zero-order valence-corrected chi connectivity index (χ0v) is 19.7. The quantitative estimate of drug-likeness (QED) is 0.213. The van der Waals surface area contributed by atoms with E-state index in [0.717, 1.165) is 5.92 Å². The first-order valence-electron chi connectivity index (χ1n) is 11.8. The maximum atomic E-state index is 2.36. The Morgan fingerprint density at radius 2 is 0.867 bits per heavy atom. The van der Waals surface area contributed by atoms with Crippen molar-refractivity contribution < 1.29 is 0 Å². The molecule has 0 radical (unpaired) electrons. The van der Waals surface area contributed by atoms with Gasteiger partial charge in [-0.05, 0) is 55.2 Å². The van der Waals surface area contributed by atoms with Gasteiger partial charge in [0, 0.05) is 0 Å². The summed E-state index contributed by atoms with van der Waals surface area (Å²) < 4.78 is 0. The van der Waals surface area contributed by atoms with Gasteiger partial charge in [-0.3, -0.25) is 0 Å². The molecule has 0 unspecified atom stereocenters. The van der Waals surface area contributed by atoms with Crippen molar-refractivity contribution in [1.29, 1.82) is 0 Å². The lowest BCUT2D eigenvalue weighted by atomic mass is 10.0. The Bertz CT molecular complexity index is 727. The van der Waals surface area contributed by atoms with Crippen molar-refractivity contribution in [3.8, 4) is 0 Å². The van der Waals surface area contributed by atoms with Crippen molar-refractivity contribution in [3.05, 3.63) is 91.0 Å². The Morgan fingerprint density at radius 3 is 1.27 bits per heavy atom. The highest BCUT2D eigenvalue weighted by Gasteiger charge is 2.44. The van der Waals surface area contributed by atoms with E-state index in [2.05, 4.69) is 105 Å². The second kappa shape index (κ2) is 12.1. The van der Waals surface area contributed by atoms with E-state index in [1.807, 2.05) is 0 Å². The lowest BCUT2D eigenvalue weighted by molar-refractivity contribution is 0.514. The van der Waals surface area contributed by atoms with Gasteiger partial charge in [0.1, 0.15) is 23.2 Å². The molecule has 3 aromatic carbocycles. The fraction of sp³-hybridized carbons (Fsp3) is 0.379. The van der Waals surface area contributed by atoms with Gasteiger partial charge in [0.15, 0.2) is 0 Å². The maximum Gasteiger partial charge on any atom is 0.112 e. The summed E-state index contributed by atoms with van der Waals surface area (Å²) in [7, 11) is -1.63. The summed E-state index contributed by atoms with van der Waals surface area (Å²) in [5.74, 6) is 0.845. The van der Waals surface area contributed by atoms with Crippen molar-refractivity contribution in [2.75, 3.05) is 6.16 Å². The van der Waals surface area contributed by atoms with Crippen molar-refractivity contribution in [3.63, 3.8) is 0 Å². The van der Waals surface area contributed by atoms with E-state index in [4.69, 9.17) is 0 Å². The highest BCUT2D eigenvalue weighted by molar-refractivity contribution is 7.95. The lowest BCUT2D eigenvalue weighted by Crippen LogP contribution is -2.33. The first-order chi connectivity index (χ1) is 14.7. The Morgan fingerprint density at radius 1 is 0.500 bits per heavy atom. The summed E-state index contributed by atoms with van der Waals surface area (Å²) in [6.45, 7) is 4.67. The molecule has 0 amide bonds. The first-order valence-corrected chi connectivity index (χ1v) is 13.8. The highest BCUT2D eigenvalue weighted by Crippen LogP contribution is 2.55. The molecule has 0 bridgehead atoms. The van der Waals surface area contributed by atoms with Crippen molar-refractivity contribution in [1.82, 2.24) is 0 Å². The van der Waals surface area contributed by atoms with Crippen LogP contribution in [0.3, 0.4) is 0 Å². The summed E-state index contributed by atoms with van der Waals surface area (Å²) in [5.41, 5.74) is 0. The van der Waals surface area contributed by atoms with Crippen LogP contribution in [0.4, 0.5) is 0 Å². The minimum absolute atomic E-state index is 0.845. The predicted molar refractivity (Wildman–Crippen MR) is 137 cm³/mol. The molecule has 1 heteroatoms. The van der Waals surface area contributed by atoms with E-state index in [-0.39, 0.29) is 0 Å². The fourth-order valence-electron chi connectivity index (χ4n) is 4.49. The van der Waals surface area contributed by atoms with Crippen LogP contribution in [0.15, 0.2) is 91.0 Å². The molecule has 3 rings (SSSR count). The van der Waals surface area contributed by atoms with Crippen LogP contribution >= 0.6 is 7.26 Å². The number of unbranched alkanes of at least 4 members (excludes halogenated alkanes) is 5. The molecule has 0 nitrogen and oxygen atoms in total. The zero-order chi connectivity index (χ0) is 21.1. The molecule has 0 aliphatic rings. The molecule has 0 fully saturated rings. The molecule has 30 heavy (non-hydrogen) atoms. The van der Waals surface area contributed by atoms with Crippen LogP contribution in [-0.2, 0) is 0 Å². The SMILES string of the molecule is CC(C)CCCCCCCC[P+](c1ccccc1)(c1ccccc1)c1ccccc1. The van der Waals surface area contributed by atoms with Gasteiger partial charge in [0.05, 0.1) is 6.16 Å². The molecule has 158 valence electrons. The van der Waals surface area contributed by atoms with Crippen molar-refractivity contribution in [2.24, 2.45) is 5.92 Å². The summed E-state index contributed by atoms with van der Waals surface area (Å²) in [6.07, 6.45) is 10.8. The molecule has 0 saturated heterocycles. The summed E-state index contributed by atoms with van der Waals surface area (Å²) in [5, 5.41) is 4.54. The average Bonchev–Trinajstić information content (AvgIpc) is 2.80. The van der Waals surface area contributed by atoms with Crippen LogP contribution in [-0.4, -0.2) is 6.16 Å². The van der Waals surface area contributed by atoms with Gasteiger partial charge in [0.2, 0.25) is 0 Å². The van der Waals surface area contributed by atoms with Crippen molar-refractivity contribution in [2.45, 2.75) is 58.8 Å². The molecule has 0 spiro atoms. The van der Waals surface area contributed by atoms with E-state index in [0.29, 0.717) is 0 Å². The Kier molecular flexibility index (Phi) is 9.16.